The molecule has 7 heteroatoms. The minimum Gasteiger partial charge on any atom is -0.488 e. The molecule has 0 radical (unpaired) electrons. The summed E-state index contributed by atoms with van der Waals surface area (Å²) in [6.45, 7) is 2.63. The van der Waals surface area contributed by atoms with Gasteiger partial charge in [0.1, 0.15) is 19.0 Å². The highest BCUT2D eigenvalue weighted by molar-refractivity contribution is 5.86. The number of amides is 1. The number of anilines is 1. The third-order valence-electron chi connectivity index (χ3n) is 4.16. The number of hydrogen-bond donors (Lipinski definition) is 1. The van der Waals surface area contributed by atoms with Crippen LogP contribution in [0, 0.1) is 6.92 Å². The smallest absolute Gasteiger partial charge is 0.411 e. The first-order chi connectivity index (χ1) is 13.6. The van der Waals surface area contributed by atoms with Crippen LogP contribution >= 0.6 is 0 Å². The van der Waals surface area contributed by atoms with Gasteiger partial charge in [-0.2, -0.15) is 5.10 Å². The van der Waals surface area contributed by atoms with Gasteiger partial charge in [0.2, 0.25) is 5.88 Å². The summed E-state index contributed by atoms with van der Waals surface area (Å²) in [7, 11) is 3.16. The molecule has 0 fully saturated rings. The van der Waals surface area contributed by atoms with Crippen molar-refractivity contribution in [2.24, 2.45) is 7.05 Å². The van der Waals surface area contributed by atoms with Crippen molar-refractivity contribution in [1.82, 2.24) is 9.78 Å². The van der Waals surface area contributed by atoms with Gasteiger partial charge in [-0.1, -0.05) is 42.5 Å². The monoisotopic (exact) mass is 381 g/mol. The van der Waals surface area contributed by atoms with Crippen LogP contribution in [0.25, 0.3) is 11.3 Å². The van der Waals surface area contributed by atoms with E-state index in [9.17, 15) is 4.79 Å². The van der Waals surface area contributed by atoms with E-state index >= 15 is 0 Å². The van der Waals surface area contributed by atoms with Gasteiger partial charge in [-0.3, -0.25) is 5.32 Å². The van der Waals surface area contributed by atoms with Crippen molar-refractivity contribution in [2.45, 2.75) is 6.92 Å². The standard InChI is InChI=1S/C21H23N3O4/c1-15-19(16-9-5-4-6-10-16)23-24(2)20(15)28-14-13-27-18-12-8-7-11-17(18)22-21(25)26-3/h4-12H,13-14H2,1-3H3,(H,22,25). The molecule has 0 unspecified atom stereocenters. The van der Waals surface area contributed by atoms with E-state index in [1.165, 1.54) is 7.11 Å². The Balaban J connectivity index is 1.61. The van der Waals surface area contributed by atoms with Gasteiger partial charge in [-0.25, -0.2) is 9.48 Å². The molecule has 1 N–H and O–H groups in total. The van der Waals surface area contributed by atoms with Crippen LogP contribution in [0.3, 0.4) is 0 Å². The number of nitrogens with zero attached hydrogens (tertiary/aromatic N) is 2. The summed E-state index contributed by atoms with van der Waals surface area (Å²) in [5, 5.41) is 7.18. The van der Waals surface area contributed by atoms with E-state index in [-0.39, 0.29) is 0 Å². The first-order valence-electron chi connectivity index (χ1n) is 8.88. The lowest BCUT2D eigenvalue weighted by molar-refractivity contribution is 0.186. The van der Waals surface area contributed by atoms with Gasteiger partial charge < -0.3 is 14.2 Å². The van der Waals surface area contributed by atoms with Crippen LogP contribution in [0.5, 0.6) is 11.6 Å². The third-order valence-corrected chi connectivity index (χ3v) is 4.16. The van der Waals surface area contributed by atoms with E-state index in [4.69, 9.17) is 9.47 Å². The van der Waals surface area contributed by atoms with E-state index in [2.05, 4.69) is 15.2 Å². The second-order valence-corrected chi connectivity index (χ2v) is 6.08. The highest BCUT2D eigenvalue weighted by Gasteiger charge is 2.15. The average molecular weight is 381 g/mol. The van der Waals surface area contributed by atoms with Crippen molar-refractivity contribution in [2.75, 3.05) is 25.6 Å². The van der Waals surface area contributed by atoms with E-state index in [1.54, 1.807) is 22.9 Å². The number of nitrogens with one attached hydrogen (secondary N) is 1. The maximum absolute atomic E-state index is 11.4. The van der Waals surface area contributed by atoms with Gasteiger partial charge in [0.15, 0.2) is 0 Å². The molecule has 0 saturated carbocycles. The Morgan fingerprint density at radius 1 is 1.04 bits per heavy atom. The Hall–Kier alpha value is -3.48. The largest absolute Gasteiger partial charge is 0.488 e. The number of carbonyl (C=O) groups excluding carboxylic acids is 1. The minimum absolute atomic E-state index is 0.311. The Morgan fingerprint density at radius 2 is 1.71 bits per heavy atom. The molecule has 1 aromatic heterocycles. The number of rotatable bonds is 7. The molecule has 28 heavy (non-hydrogen) atoms. The van der Waals surface area contributed by atoms with Crippen LogP contribution in [-0.4, -0.2) is 36.2 Å². The van der Waals surface area contributed by atoms with Crippen molar-refractivity contribution in [1.29, 1.82) is 0 Å². The lowest BCUT2D eigenvalue weighted by Crippen LogP contribution is -2.14. The van der Waals surface area contributed by atoms with E-state index < -0.39 is 6.09 Å². The number of carbonyl (C=O) groups is 1. The molecule has 0 saturated heterocycles. The molecule has 1 amide bonds. The fraction of sp³-hybridized carbons (Fsp3) is 0.238. The van der Waals surface area contributed by atoms with Crippen molar-refractivity contribution < 1.29 is 19.0 Å². The molecule has 3 aromatic rings. The highest BCUT2D eigenvalue weighted by Crippen LogP contribution is 2.29. The zero-order valence-electron chi connectivity index (χ0n) is 16.1. The molecule has 7 nitrogen and oxygen atoms in total. The van der Waals surface area contributed by atoms with Gasteiger partial charge in [0, 0.05) is 18.2 Å². The second kappa shape index (κ2) is 8.94. The summed E-state index contributed by atoms with van der Waals surface area (Å²) in [4.78, 5) is 11.4. The summed E-state index contributed by atoms with van der Waals surface area (Å²) in [6.07, 6.45) is -0.550. The van der Waals surface area contributed by atoms with Crippen molar-refractivity contribution >= 4 is 11.8 Å². The van der Waals surface area contributed by atoms with Crippen LogP contribution < -0.4 is 14.8 Å². The van der Waals surface area contributed by atoms with E-state index in [0.29, 0.717) is 30.5 Å². The molecule has 1 heterocycles. The molecule has 0 aliphatic carbocycles. The molecule has 0 atom stereocenters. The second-order valence-electron chi connectivity index (χ2n) is 6.08. The Labute approximate surface area is 163 Å². The normalized spacial score (nSPS) is 10.4. The third kappa shape index (κ3) is 4.43. The van der Waals surface area contributed by atoms with Gasteiger partial charge in [0.25, 0.3) is 0 Å². The molecular formula is C21H23N3O4. The Kier molecular flexibility index (Phi) is 6.16. The molecule has 2 aromatic carbocycles. The fourth-order valence-corrected chi connectivity index (χ4v) is 2.83. The summed E-state index contributed by atoms with van der Waals surface area (Å²) in [5.41, 5.74) is 3.45. The van der Waals surface area contributed by atoms with Crippen LogP contribution in [0.1, 0.15) is 5.56 Å². The summed E-state index contributed by atoms with van der Waals surface area (Å²) in [5.74, 6) is 1.24. The van der Waals surface area contributed by atoms with Crippen molar-refractivity contribution in [3.05, 3.63) is 60.2 Å². The number of para-hydroxylation sites is 2. The number of hydrogen-bond acceptors (Lipinski definition) is 5. The molecule has 0 aliphatic heterocycles. The molecule has 0 aliphatic rings. The van der Waals surface area contributed by atoms with Gasteiger partial charge >= 0.3 is 6.09 Å². The number of aromatic nitrogens is 2. The van der Waals surface area contributed by atoms with Crippen LogP contribution in [0.4, 0.5) is 10.5 Å². The van der Waals surface area contributed by atoms with Gasteiger partial charge in [0.05, 0.1) is 18.5 Å². The maximum Gasteiger partial charge on any atom is 0.411 e. The fourth-order valence-electron chi connectivity index (χ4n) is 2.83. The number of benzene rings is 2. The highest BCUT2D eigenvalue weighted by atomic mass is 16.5. The molecule has 0 bridgehead atoms. The maximum atomic E-state index is 11.4. The minimum atomic E-state index is -0.550. The van der Waals surface area contributed by atoms with Crippen LogP contribution in [0.15, 0.2) is 54.6 Å². The first kappa shape index (κ1) is 19.3. The lowest BCUT2D eigenvalue weighted by Gasteiger charge is -2.12. The van der Waals surface area contributed by atoms with Gasteiger partial charge in [-0.15, -0.1) is 0 Å². The average Bonchev–Trinajstić information content (AvgIpc) is 3.00. The van der Waals surface area contributed by atoms with E-state index in [1.807, 2.05) is 50.4 Å². The molecular weight excluding hydrogens is 358 g/mol. The van der Waals surface area contributed by atoms with Crippen LogP contribution in [-0.2, 0) is 11.8 Å². The molecule has 0 spiro atoms. The first-order valence-corrected chi connectivity index (χ1v) is 8.88. The van der Waals surface area contributed by atoms with E-state index in [0.717, 1.165) is 16.8 Å². The number of ether oxygens (including phenoxy) is 3. The summed E-state index contributed by atoms with van der Waals surface area (Å²) >= 11 is 0. The number of aryl methyl sites for hydroxylation is 1. The van der Waals surface area contributed by atoms with Crippen LogP contribution in [0.2, 0.25) is 0 Å². The summed E-state index contributed by atoms with van der Waals surface area (Å²) < 4.78 is 18.0. The predicted octanol–water partition coefficient (Wildman–Crippen LogP) is 4.03. The lowest BCUT2D eigenvalue weighted by atomic mass is 10.1. The van der Waals surface area contributed by atoms with Gasteiger partial charge in [-0.05, 0) is 19.1 Å². The Morgan fingerprint density at radius 3 is 2.46 bits per heavy atom. The summed E-state index contributed by atoms with van der Waals surface area (Å²) in [6, 6.07) is 17.1. The number of methoxy groups -OCH3 is 1. The quantitative estimate of drug-likeness (QED) is 0.626. The topological polar surface area (TPSA) is 74.6 Å². The SMILES string of the molecule is COC(=O)Nc1ccccc1OCCOc1c(C)c(-c2ccccc2)nn1C. The molecule has 3 rings (SSSR count). The van der Waals surface area contributed by atoms with Crippen molar-refractivity contribution in [3.63, 3.8) is 0 Å². The zero-order valence-corrected chi connectivity index (χ0v) is 16.1. The Bertz CT molecular complexity index is 938. The predicted molar refractivity (Wildman–Crippen MR) is 107 cm³/mol. The zero-order chi connectivity index (χ0) is 19.9. The molecule has 146 valence electrons. The van der Waals surface area contributed by atoms with Crippen molar-refractivity contribution in [3.8, 4) is 22.9 Å².